The van der Waals surface area contributed by atoms with Crippen LogP contribution in [0.2, 0.25) is 0 Å². The molecule has 1 aromatic carbocycles. The Morgan fingerprint density at radius 1 is 1.29 bits per heavy atom. The highest BCUT2D eigenvalue weighted by molar-refractivity contribution is 5.82. The van der Waals surface area contributed by atoms with Gasteiger partial charge in [-0.25, -0.2) is 0 Å². The summed E-state index contributed by atoms with van der Waals surface area (Å²) >= 11 is 0. The molecule has 2 aromatic heterocycles. The van der Waals surface area contributed by atoms with Crippen molar-refractivity contribution in [3.8, 4) is 5.88 Å². The average molecular weight is 379 g/mol. The fourth-order valence-corrected chi connectivity index (χ4v) is 3.78. The number of carbonyl (C=O) groups excluding carboxylic acids is 1. The zero-order valence-corrected chi connectivity index (χ0v) is 16.1. The molecule has 3 aromatic rings. The summed E-state index contributed by atoms with van der Waals surface area (Å²) in [6.45, 7) is 3.98. The number of pyridine rings is 1. The number of fused-ring (bicyclic) bond motifs is 1. The molecular weight excluding hydrogens is 354 g/mol. The van der Waals surface area contributed by atoms with Crippen LogP contribution in [0.25, 0.3) is 10.8 Å². The standard InChI is InChI=1S/C22H25N3O3/c1-2-27-21-13-19(28-24-21)9-10-22(26)25-11-5-8-18(15-25)20-12-16-6-3-4-7-17(16)14-23-20/h3-4,6-7,12-14,18H,2,5,8-11,15H2,1H3/t18-/m1/s1. The maximum absolute atomic E-state index is 12.7. The van der Waals surface area contributed by atoms with E-state index in [2.05, 4.69) is 28.3 Å². The van der Waals surface area contributed by atoms with E-state index >= 15 is 0 Å². The second kappa shape index (κ2) is 8.42. The van der Waals surface area contributed by atoms with Gasteiger partial charge in [0.05, 0.1) is 6.61 Å². The van der Waals surface area contributed by atoms with E-state index in [1.165, 1.54) is 5.39 Å². The lowest BCUT2D eigenvalue weighted by molar-refractivity contribution is -0.132. The topological polar surface area (TPSA) is 68.5 Å². The maximum atomic E-state index is 12.7. The van der Waals surface area contributed by atoms with Crippen LogP contribution < -0.4 is 4.74 Å². The lowest BCUT2D eigenvalue weighted by Crippen LogP contribution is -2.39. The molecule has 1 aliphatic rings. The summed E-state index contributed by atoms with van der Waals surface area (Å²) < 4.78 is 10.5. The van der Waals surface area contributed by atoms with Crippen molar-refractivity contribution >= 4 is 16.7 Å². The zero-order chi connectivity index (χ0) is 19.3. The minimum Gasteiger partial charge on any atom is -0.476 e. The Hall–Kier alpha value is -2.89. The summed E-state index contributed by atoms with van der Waals surface area (Å²) in [5, 5.41) is 6.19. The minimum atomic E-state index is 0.153. The zero-order valence-electron chi connectivity index (χ0n) is 16.1. The Balaban J connectivity index is 1.37. The summed E-state index contributed by atoms with van der Waals surface area (Å²) in [5.74, 6) is 1.60. The van der Waals surface area contributed by atoms with Crippen LogP contribution in [0.15, 0.2) is 47.1 Å². The van der Waals surface area contributed by atoms with Crippen molar-refractivity contribution in [2.75, 3.05) is 19.7 Å². The van der Waals surface area contributed by atoms with Gasteiger partial charge in [0, 0.05) is 55.2 Å². The number of amides is 1. The lowest BCUT2D eigenvalue weighted by atomic mass is 9.93. The van der Waals surface area contributed by atoms with E-state index in [0.717, 1.165) is 37.0 Å². The largest absolute Gasteiger partial charge is 0.476 e. The molecule has 1 saturated heterocycles. The molecule has 4 rings (SSSR count). The van der Waals surface area contributed by atoms with Crippen molar-refractivity contribution in [3.05, 3.63) is 54.0 Å². The fourth-order valence-electron chi connectivity index (χ4n) is 3.78. The van der Waals surface area contributed by atoms with Gasteiger partial charge in [0.15, 0.2) is 0 Å². The molecule has 1 amide bonds. The van der Waals surface area contributed by atoms with E-state index in [1.54, 1.807) is 6.07 Å². The van der Waals surface area contributed by atoms with Crippen LogP contribution >= 0.6 is 0 Å². The Labute approximate surface area is 164 Å². The number of aromatic nitrogens is 2. The summed E-state index contributed by atoms with van der Waals surface area (Å²) in [7, 11) is 0. The number of carbonyl (C=O) groups is 1. The maximum Gasteiger partial charge on any atom is 0.254 e. The number of nitrogens with zero attached hydrogens (tertiary/aromatic N) is 3. The Bertz CT molecular complexity index is 953. The first-order valence-corrected chi connectivity index (χ1v) is 9.94. The molecule has 0 spiro atoms. The monoisotopic (exact) mass is 379 g/mol. The summed E-state index contributed by atoms with van der Waals surface area (Å²) in [5.41, 5.74) is 1.08. The molecule has 0 saturated carbocycles. The number of aryl methyl sites for hydroxylation is 1. The van der Waals surface area contributed by atoms with Gasteiger partial charge >= 0.3 is 0 Å². The van der Waals surface area contributed by atoms with E-state index in [1.807, 2.05) is 30.2 Å². The number of ether oxygens (including phenoxy) is 1. The summed E-state index contributed by atoms with van der Waals surface area (Å²) in [4.78, 5) is 19.3. The van der Waals surface area contributed by atoms with Crippen LogP contribution in [0.3, 0.4) is 0 Å². The fraction of sp³-hybridized carbons (Fsp3) is 0.409. The van der Waals surface area contributed by atoms with Gasteiger partial charge in [-0.1, -0.05) is 24.3 Å². The molecule has 0 N–H and O–H groups in total. The van der Waals surface area contributed by atoms with Crippen molar-refractivity contribution in [1.82, 2.24) is 15.0 Å². The van der Waals surface area contributed by atoms with Gasteiger partial charge in [0.25, 0.3) is 5.88 Å². The quantitative estimate of drug-likeness (QED) is 0.648. The molecule has 1 atom stereocenters. The van der Waals surface area contributed by atoms with Crippen LogP contribution in [0, 0.1) is 0 Å². The van der Waals surface area contributed by atoms with Crippen molar-refractivity contribution in [3.63, 3.8) is 0 Å². The first-order valence-electron chi connectivity index (χ1n) is 9.94. The second-order valence-corrected chi connectivity index (χ2v) is 7.20. The Kier molecular flexibility index (Phi) is 5.55. The Morgan fingerprint density at radius 2 is 2.14 bits per heavy atom. The lowest BCUT2D eigenvalue weighted by Gasteiger charge is -2.32. The first kappa shape index (κ1) is 18.5. The second-order valence-electron chi connectivity index (χ2n) is 7.20. The normalized spacial score (nSPS) is 17.0. The van der Waals surface area contributed by atoms with E-state index in [4.69, 9.17) is 9.26 Å². The van der Waals surface area contributed by atoms with Gasteiger partial charge < -0.3 is 14.2 Å². The predicted octanol–water partition coefficient (Wildman–Crippen LogP) is 3.96. The van der Waals surface area contributed by atoms with Crippen LogP contribution in [0.5, 0.6) is 5.88 Å². The molecule has 0 radical (unpaired) electrons. The van der Waals surface area contributed by atoms with E-state index < -0.39 is 0 Å². The Morgan fingerprint density at radius 3 is 3.00 bits per heavy atom. The average Bonchev–Trinajstić information content (AvgIpc) is 3.19. The van der Waals surface area contributed by atoms with Crippen molar-refractivity contribution in [1.29, 1.82) is 0 Å². The number of piperidine rings is 1. The van der Waals surface area contributed by atoms with Crippen LogP contribution in [-0.2, 0) is 11.2 Å². The molecule has 146 valence electrons. The van der Waals surface area contributed by atoms with E-state index in [-0.39, 0.29) is 11.8 Å². The molecule has 3 heterocycles. The van der Waals surface area contributed by atoms with Gasteiger partial charge in [-0.3, -0.25) is 9.78 Å². The van der Waals surface area contributed by atoms with Crippen LogP contribution in [0.4, 0.5) is 0 Å². The number of benzene rings is 1. The number of hydrogen-bond donors (Lipinski definition) is 0. The number of rotatable bonds is 6. The highest BCUT2D eigenvalue weighted by Crippen LogP contribution is 2.28. The smallest absolute Gasteiger partial charge is 0.254 e. The molecule has 1 aliphatic heterocycles. The van der Waals surface area contributed by atoms with Gasteiger partial charge in [-0.2, -0.15) is 0 Å². The SMILES string of the molecule is CCOc1cc(CCC(=O)N2CCC[C@@H](c3cc4ccccc4cn3)C2)on1. The molecule has 6 heteroatoms. The summed E-state index contributed by atoms with van der Waals surface area (Å²) in [6.07, 6.45) is 4.95. The van der Waals surface area contributed by atoms with Crippen LogP contribution in [0.1, 0.15) is 43.6 Å². The van der Waals surface area contributed by atoms with E-state index in [0.29, 0.717) is 31.1 Å². The highest BCUT2D eigenvalue weighted by Gasteiger charge is 2.25. The molecule has 0 unspecified atom stereocenters. The highest BCUT2D eigenvalue weighted by atomic mass is 16.5. The van der Waals surface area contributed by atoms with Gasteiger partial charge in [-0.05, 0) is 36.4 Å². The van der Waals surface area contributed by atoms with Crippen LogP contribution in [-0.4, -0.2) is 40.6 Å². The number of likely N-dealkylation sites (tertiary alicyclic amines) is 1. The minimum absolute atomic E-state index is 0.153. The third kappa shape index (κ3) is 4.16. The summed E-state index contributed by atoms with van der Waals surface area (Å²) in [6, 6.07) is 12.2. The molecule has 0 bridgehead atoms. The van der Waals surface area contributed by atoms with Crippen molar-refractivity contribution in [2.24, 2.45) is 0 Å². The predicted molar refractivity (Wildman–Crippen MR) is 106 cm³/mol. The first-order chi connectivity index (χ1) is 13.7. The third-order valence-electron chi connectivity index (χ3n) is 5.26. The van der Waals surface area contributed by atoms with Gasteiger partial charge in [0.1, 0.15) is 5.76 Å². The third-order valence-corrected chi connectivity index (χ3v) is 5.26. The van der Waals surface area contributed by atoms with Crippen molar-refractivity contribution in [2.45, 2.75) is 38.5 Å². The molecule has 6 nitrogen and oxygen atoms in total. The number of hydrogen-bond acceptors (Lipinski definition) is 5. The molecule has 28 heavy (non-hydrogen) atoms. The van der Waals surface area contributed by atoms with E-state index in [9.17, 15) is 4.79 Å². The van der Waals surface area contributed by atoms with Gasteiger partial charge in [0.2, 0.25) is 5.91 Å². The molecule has 0 aliphatic carbocycles. The molecule has 1 fully saturated rings. The van der Waals surface area contributed by atoms with Crippen molar-refractivity contribution < 1.29 is 14.1 Å². The van der Waals surface area contributed by atoms with Gasteiger partial charge in [-0.15, -0.1) is 0 Å². The molecular formula is C22H25N3O3.